The van der Waals surface area contributed by atoms with Crippen molar-refractivity contribution in [3.05, 3.63) is 0 Å². The Kier molecular flexibility index (Phi) is 4.95. The van der Waals surface area contributed by atoms with Crippen LogP contribution in [0.1, 0.15) is 0 Å². The lowest BCUT2D eigenvalue weighted by Gasteiger charge is -2.04. The molecule has 0 heterocycles. The van der Waals surface area contributed by atoms with Gasteiger partial charge in [0.05, 0.1) is 0 Å². The fourth-order valence-corrected chi connectivity index (χ4v) is 0.297. The van der Waals surface area contributed by atoms with Crippen LogP contribution in [0, 0.1) is 0 Å². The number of carbonyl (C=O) groups excluding carboxylic acids is 2. The molecule has 0 spiro atoms. The van der Waals surface area contributed by atoms with Crippen LogP contribution in [-0.2, 0) is 19.1 Å². The average Bonchev–Trinajstić information content (AvgIpc) is 1.91. The summed E-state index contributed by atoms with van der Waals surface area (Å²) in [5, 5.41) is 0. The molecular weight excluding hydrogens is 124 g/mol. The van der Waals surface area contributed by atoms with Gasteiger partial charge in [0.2, 0.25) is 6.29 Å². The van der Waals surface area contributed by atoms with Crippen molar-refractivity contribution >= 4 is 12.6 Å². The fourth-order valence-electron chi connectivity index (χ4n) is 0.297. The average molecular weight is 132 g/mol. The van der Waals surface area contributed by atoms with Gasteiger partial charge in [-0.05, 0) is 0 Å². The third-order valence-electron chi connectivity index (χ3n) is 0.672. The van der Waals surface area contributed by atoms with E-state index in [0.717, 1.165) is 0 Å². The molecule has 0 bridgehead atoms. The quantitative estimate of drug-likeness (QED) is 0.369. The first-order chi connectivity index (χ1) is 4.35. The highest BCUT2D eigenvalue weighted by Gasteiger charge is 2.01. The Hall–Kier alpha value is -0.740. The second-order valence-corrected chi connectivity index (χ2v) is 1.24. The Morgan fingerprint density at radius 1 is 1.56 bits per heavy atom. The number of methoxy groups -OCH3 is 1. The molecule has 0 aromatic rings. The Morgan fingerprint density at radius 3 is 2.56 bits per heavy atom. The van der Waals surface area contributed by atoms with E-state index in [9.17, 15) is 9.59 Å². The minimum atomic E-state index is -0.907. The maximum atomic E-state index is 9.88. The van der Waals surface area contributed by atoms with Crippen LogP contribution < -0.4 is 0 Å². The summed E-state index contributed by atoms with van der Waals surface area (Å²) in [7, 11) is 1.32. The van der Waals surface area contributed by atoms with Crippen molar-refractivity contribution < 1.29 is 19.1 Å². The second kappa shape index (κ2) is 5.40. The van der Waals surface area contributed by atoms with E-state index >= 15 is 0 Å². The van der Waals surface area contributed by atoms with Gasteiger partial charge in [-0.15, -0.1) is 0 Å². The van der Waals surface area contributed by atoms with Crippen molar-refractivity contribution in [1.29, 1.82) is 0 Å². The largest absolute Gasteiger partial charge is 0.350 e. The van der Waals surface area contributed by atoms with Gasteiger partial charge in [-0.2, -0.15) is 0 Å². The Labute approximate surface area is 52.7 Å². The molecule has 9 heavy (non-hydrogen) atoms. The molecule has 0 radical (unpaired) electrons. The third-order valence-corrected chi connectivity index (χ3v) is 0.672. The van der Waals surface area contributed by atoms with Gasteiger partial charge in [0, 0.05) is 7.11 Å². The van der Waals surface area contributed by atoms with Gasteiger partial charge in [0.15, 0.2) is 6.29 Å². The molecule has 0 unspecified atom stereocenters. The zero-order valence-electron chi connectivity index (χ0n) is 5.07. The zero-order valence-corrected chi connectivity index (χ0v) is 5.07. The molecule has 0 aliphatic heterocycles. The zero-order chi connectivity index (χ0) is 7.11. The van der Waals surface area contributed by atoms with E-state index in [-0.39, 0.29) is 6.61 Å². The lowest BCUT2D eigenvalue weighted by atomic mass is 10.7. The van der Waals surface area contributed by atoms with Crippen LogP contribution in [0.25, 0.3) is 0 Å². The first kappa shape index (κ1) is 8.26. The van der Waals surface area contributed by atoms with Crippen LogP contribution in [0.2, 0.25) is 0 Å². The van der Waals surface area contributed by atoms with E-state index in [1.807, 2.05) is 0 Å². The lowest BCUT2D eigenvalue weighted by molar-refractivity contribution is -0.151. The molecule has 0 saturated heterocycles. The Bertz CT molecular complexity index is 91.0. The van der Waals surface area contributed by atoms with E-state index in [0.29, 0.717) is 12.6 Å². The highest BCUT2D eigenvalue weighted by molar-refractivity contribution is 5.55. The van der Waals surface area contributed by atoms with E-state index < -0.39 is 6.29 Å². The normalized spacial score (nSPS) is 12.6. The summed E-state index contributed by atoms with van der Waals surface area (Å²) >= 11 is 0. The topological polar surface area (TPSA) is 52.6 Å². The number of hydrogen-bond acceptors (Lipinski definition) is 4. The maximum Gasteiger partial charge on any atom is 0.214 e. The van der Waals surface area contributed by atoms with Crippen LogP contribution in [-0.4, -0.2) is 32.6 Å². The summed E-state index contributed by atoms with van der Waals surface area (Å²) in [5.74, 6) is 0. The van der Waals surface area contributed by atoms with Crippen molar-refractivity contribution in [3.8, 4) is 0 Å². The summed E-state index contributed by atoms with van der Waals surface area (Å²) in [4.78, 5) is 19.5. The minimum Gasteiger partial charge on any atom is -0.350 e. The molecule has 4 heteroatoms. The van der Waals surface area contributed by atoms with Crippen LogP contribution in [0.3, 0.4) is 0 Å². The van der Waals surface area contributed by atoms with Gasteiger partial charge in [-0.3, -0.25) is 4.79 Å². The molecule has 0 amide bonds. The van der Waals surface area contributed by atoms with Gasteiger partial charge in [-0.25, -0.2) is 0 Å². The van der Waals surface area contributed by atoms with Crippen molar-refractivity contribution in [1.82, 2.24) is 0 Å². The molecule has 0 rings (SSSR count). The molecule has 4 nitrogen and oxygen atoms in total. The van der Waals surface area contributed by atoms with Crippen LogP contribution >= 0.6 is 0 Å². The highest BCUT2D eigenvalue weighted by atomic mass is 16.7. The van der Waals surface area contributed by atoms with Gasteiger partial charge >= 0.3 is 0 Å². The second-order valence-electron chi connectivity index (χ2n) is 1.24. The van der Waals surface area contributed by atoms with Crippen molar-refractivity contribution in [2.45, 2.75) is 6.29 Å². The van der Waals surface area contributed by atoms with Gasteiger partial charge in [0.1, 0.15) is 12.9 Å². The van der Waals surface area contributed by atoms with Crippen LogP contribution in [0.15, 0.2) is 0 Å². The van der Waals surface area contributed by atoms with Gasteiger partial charge in [-0.1, -0.05) is 0 Å². The lowest BCUT2D eigenvalue weighted by Crippen LogP contribution is -2.17. The summed E-state index contributed by atoms with van der Waals surface area (Å²) < 4.78 is 8.98. The number of ether oxygens (including phenoxy) is 2. The predicted octanol–water partition coefficient (Wildman–Crippen LogP) is -0.627. The molecule has 0 fully saturated rings. The molecule has 0 aliphatic rings. The number of rotatable bonds is 5. The standard InChI is InChI=1S/C5H8O4/c1-8-5(4-7)9-3-2-6/h2,4-5H,3H2,1H3/t5-/m0/s1. The summed E-state index contributed by atoms with van der Waals surface area (Å²) in [5.41, 5.74) is 0. The van der Waals surface area contributed by atoms with Crippen LogP contribution in [0.4, 0.5) is 0 Å². The molecular formula is C5H8O4. The SMILES string of the molecule is CO[C@H](C=O)OCC=O. The van der Waals surface area contributed by atoms with E-state index in [2.05, 4.69) is 9.47 Å². The van der Waals surface area contributed by atoms with Gasteiger partial charge in [0.25, 0.3) is 0 Å². The first-order valence-corrected chi connectivity index (χ1v) is 2.38. The smallest absolute Gasteiger partial charge is 0.214 e. The minimum absolute atomic E-state index is 0.114. The molecule has 0 N–H and O–H groups in total. The van der Waals surface area contributed by atoms with E-state index in [4.69, 9.17) is 0 Å². The summed E-state index contributed by atoms with van der Waals surface area (Å²) in [6.45, 7) is -0.114. The Balaban J connectivity index is 3.30. The Morgan fingerprint density at radius 2 is 2.22 bits per heavy atom. The number of hydrogen-bond donors (Lipinski definition) is 0. The van der Waals surface area contributed by atoms with E-state index in [1.54, 1.807) is 0 Å². The monoisotopic (exact) mass is 132 g/mol. The van der Waals surface area contributed by atoms with Crippen molar-refractivity contribution in [3.63, 3.8) is 0 Å². The number of aldehydes is 2. The molecule has 52 valence electrons. The van der Waals surface area contributed by atoms with E-state index in [1.165, 1.54) is 7.11 Å². The third kappa shape index (κ3) is 3.81. The molecule has 0 saturated carbocycles. The molecule has 0 aliphatic carbocycles. The summed E-state index contributed by atoms with van der Waals surface area (Å²) in [6, 6.07) is 0. The highest BCUT2D eigenvalue weighted by Crippen LogP contribution is 1.84. The maximum absolute atomic E-state index is 9.88. The predicted molar refractivity (Wildman–Crippen MR) is 28.9 cm³/mol. The molecule has 0 aromatic heterocycles. The fraction of sp³-hybridized carbons (Fsp3) is 0.600. The van der Waals surface area contributed by atoms with Gasteiger partial charge < -0.3 is 14.3 Å². The van der Waals surface area contributed by atoms with Crippen molar-refractivity contribution in [2.75, 3.05) is 13.7 Å². The van der Waals surface area contributed by atoms with Crippen LogP contribution in [0.5, 0.6) is 0 Å². The number of carbonyl (C=O) groups is 2. The summed E-state index contributed by atoms with van der Waals surface area (Å²) in [6.07, 6.45) is 0.120. The molecule has 0 aromatic carbocycles. The van der Waals surface area contributed by atoms with Crippen molar-refractivity contribution in [2.24, 2.45) is 0 Å². The first-order valence-electron chi connectivity index (χ1n) is 2.38. The molecule has 1 atom stereocenters.